The van der Waals surface area contributed by atoms with Crippen molar-refractivity contribution >= 4 is 17.4 Å². The molecule has 4 aromatic rings. The van der Waals surface area contributed by atoms with E-state index in [-0.39, 0.29) is 5.82 Å². The van der Waals surface area contributed by atoms with Crippen molar-refractivity contribution in [3.8, 4) is 22.6 Å². The van der Waals surface area contributed by atoms with Gasteiger partial charge in [0.05, 0.1) is 22.5 Å². The van der Waals surface area contributed by atoms with Gasteiger partial charge in [0.15, 0.2) is 5.69 Å². The van der Waals surface area contributed by atoms with Gasteiger partial charge in [0.1, 0.15) is 11.6 Å². The second-order valence-electron chi connectivity index (χ2n) is 10.4. The molecule has 0 saturated carbocycles. The Balaban J connectivity index is 1.63. The molecule has 44 heavy (non-hydrogen) atoms. The quantitative estimate of drug-likeness (QED) is 0.193. The fraction of sp³-hybridized carbons (Fsp3) is 0.200. The lowest BCUT2D eigenvalue weighted by Gasteiger charge is -2.26. The number of alkyl halides is 6. The van der Waals surface area contributed by atoms with Crippen molar-refractivity contribution in [2.45, 2.75) is 38.7 Å². The number of carboxylic acids is 1. The van der Waals surface area contributed by atoms with Crippen LogP contribution >= 0.6 is 0 Å². The molecule has 0 unspecified atom stereocenters. The summed E-state index contributed by atoms with van der Waals surface area (Å²) in [4.78, 5) is 15.6. The Kier molecular flexibility index (Phi) is 7.58. The third-order valence-corrected chi connectivity index (χ3v) is 7.11. The number of hydrazine groups is 2. The first-order chi connectivity index (χ1) is 20.5. The lowest BCUT2D eigenvalue weighted by molar-refractivity contribution is -0.274. The van der Waals surface area contributed by atoms with Crippen LogP contribution in [-0.4, -0.2) is 27.0 Å². The first-order valence-corrected chi connectivity index (χ1v) is 13.0. The smallest absolute Gasteiger partial charge is 0.481 e. The molecule has 3 N–H and O–H groups in total. The molecule has 2 heterocycles. The summed E-state index contributed by atoms with van der Waals surface area (Å²) in [6.45, 7) is 4.58. The van der Waals surface area contributed by atoms with E-state index in [0.29, 0.717) is 39.3 Å². The van der Waals surface area contributed by atoms with Gasteiger partial charge in [0.2, 0.25) is 0 Å². The predicted molar refractivity (Wildman–Crippen MR) is 149 cm³/mol. The highest BCUT2D eigenvalue weighted by Gasteiger charge is 2.35. The number of benzene rings is 3. The van der Waals surface area contributed by atoms with Gasteiger partial charge < -0.3 is 19.8 Å². The highest BCUT2D eigenvalue weighted by Crippen LogP contribution is 2.38. The lowest BCUT2D eigenvalue weighted by Crippen LogP contribution is -2.37. The molecule has 0 fully saturated rings. The maximum Gasteiger partial charge on any atom is 0.573 e. The van der Waals surface area contributed by atoms with Crippen LogP contribution in [0.3, 0.4) is 0 Å². The number of carboxylic acid groups (broad SMARTS) is 1. The third-order valence-electron chi connectivity index (χ3n) is 7.11. The molecule has 0 amide bonds. The molecule has 0 radical (unpaired) electrons. The number of anilines is 1. The van der Waals surface area contributed by atoms with Crippen molar-refractivity contribution in [3.63, 3.8) is 0 Å². The summed E-state index contributed by atoms with van der Waals surface area (Å²) < 4.78 is 83.9. The van der Waals surface area contributed by atoms with Crippen LogP contribution in [0.5, 0.6) is 5.75 Å². The summed E-state index contributed by atoms with van der Waals surface area (Å²) in [6, 6.07) is 17.0. The minimum atomic E-state index is -4.87. The minimum absolute atomic E-state index is 0.0582. The monoisotopic (exact) mass is 617 g/mol. The number of hydrogen-bond donors (Lipinski definition) is 3. The van der Waals surface area contributed by atoms with Crippen LogP contribution in [0.1, 0.15) is 36.5 Å². The molecule has 0 aliphatic carbocycles. The number of aryl methyl sites for hydroxylation is 1. The Morgan fingerprint density at radius 1 is 0.886 bits per heavy atom. The molecule has 1 aromatic heterocycles. The van der Waals surface area contributed by atoms with Crippen molar-refractivity contribution in [2.24, 2.45) is 0 Å². The van der Waals surface area contributed by atoms with Crippen LogP contribution in [-0.2, 0) is 16.4 Å². The second-order valence-corrected chi connectivity index (χ2v) is 10.4. The molecule has 8 nitrogen and oxygen atoms in total. The van der Waals surface area contributed by atoms with Crippen LogP contribution in [0.2, 0.25) is 0 Å². The van der Waals surface area contributed by atoms with Gasteiger partial charge in [-0.05, 0) is 73.9 Å². The van der Waals surface area contributed by atoms with E-state index in [1.54, 1.807) is 56.3 Å². The standard InChI is InChI=1S/C30H25F6N5O3/c1-17-38-26(29(31,32)33)16-40(17)23-12-9-20(19-5-4-6-21(13-19)28(2,3)27(42)43)14-24(23)41-25(15-37-39-41)18-7-10-22(11-8-18)44-30(34,35)36/h4-16,37,39H,1-3H3,(H,42,43). The highest BCUT2D eigenvalue weighted by molar-refractivity contribution is 5.86. The van der Waals surface area contributed by atoms with Crippen molar-refractivity contribution in [1.82, 2.24) is 20.5 Å². The molecular formula is C30H25F6N5O3. The number of hydrogen-bond acceptors (Lipinski definition) is 6. The van der Waals surface area contributed by atoms with E-state index >= 15 is 0 Å². The number of rotatable bonds is 7. The normalized spacial score (nSPS) is 13.9. The van der Waals surface area contributed by atoms with Crippen LogP contribution < -0.4 is 20.7 Å². The maximum atomic E-state index is 13.6. The molecule has 230 valence electrons. The second kappa shape index (κ2) is 10.9. The number of carbonyl (C=O) groups is 1. The van der Waals surface area contributed by atoms with Crippen LogP contribution in [0, 0.1) is 6.92 Å². The van der Waals surface area contributed by atoms with Gasteiger partial charge in [0.25, 0.3) is 0 Å². The Hall–Kier alpha value is -4.98. The fourth-order valence-corrected chi connectivity index (χ4v) is 4.67. The zero-order chi connectivity index (χ0) is 32.0. The summed E-state index contributed by atoms with van der Waals surface area (Å²) in [6.07, 6.45) is -7.15. The van der Waals surface area contributed by atoms with E-state index in [4.69, 9.17) is 0 Å². The van der Waals surface area contributed by atoms with Gasteiger partial charge in [-0.1, -0.05) is 30.3 Å². The molecule has 0 bridgehead atoms. The largest absolute Gasteiger partial charge is 0.573 e. The summed E-state index contributed by atoms with van der Waals surface area (Å²) in [5.41, 5.74) is 6.80. The average Bonchev–Trinajstić information content (AvgIpc) is 3.59. The van der Waals surface area contributed by atoms with Crippen LogP contribution in [0.15, 0.2) is 79.1 Å². The summed E-state index contributed by atoms with van der Waals surface area (Å²) in [5.74, 6) is -1.38. The summed E-state index contributed by atoms with van der Waals surface area (Å²) in [5, 5.41) is 11.2. The number of halogens is 6. The van der Waals surface area contributed by atoms with Gasteiger partial charge in [-0.25, -0.2) is 4.98 Å². The SMILES string of the molecule is Cc1nc(C(F)(F)F)cn1-c1ccc(-c2cccc(C(C)(C)C(=O)O)c2)cc1N1NNC=C1c1ccc(OC(F)(F)F)cc1. The molecule has 3 aromatic carbocycles. The van der Waals surface area contributed by atoms with Crippen molar-refractivity contribution in [2.75, 3.05) is 5.01 Å². The molecular weight excluding hydrogens is 592 g/mol. The molecule has 1 aliphatic heterocycles. The predicted octanol–water partition coefficient (Wildman–Crippen LogP) is 6.96. The maximum absolute atomic E-state index is 13.6. The third kappa shape index (κ3) is 6.06. The van der Waals surface area contributed by atoms with Gasteiger partial charge in [-0.15, -0.1) is 18.7 Å². The van der Waals surface area contributed by atoms with E-state index in [1.165, 1.54) is 34.8 Å². The molecule has 0 atom stereocenters. The van der Waals surface area contributed by atoms with E-state index in [0.717, 1.165) is 18.3 Å². The zero-order valence-electron chi connectivity index (χ0n) is 23.4. The number of aliphatic carboxylic acids is 1. The van der Waals surface area contributed by atoms with Gasteiger partial charge in [-0.2, -0.15) is 13.2 Å². The van der Waals surface area contributed by atoms with E-state index in [1.807, 2.05) is 0 Å². The van der Waals surface area contributed by atoms with Crippen molar-refractivity contribution in [1.29, 1.82) is 0 Å². The Bertz CT molecular complexity index is 1740. The lowest BCUT2D eigenvalue weighted by atomic mass is 9.83. The number of nitrogens with one attached hydrogen (secondary N) is 2. The molecule has 1 aliphatic rings. The van der Waals surface area contributed by atoms with Gasteiger partial charge in [0, 0.05) is 18.0 Å². The number of ether oxygens (including phenoxy) is 1. The van der Waals surface area contributed by atoms with Gasteiger partial charge >= 0.3 is 18.5 Å². The Labute approximate surface area is 247 Å². The molecule has 14 heteroatoms. The Morgan fingerprint density at radius 3 is 2.16 bits per heavy atom. The first kappa shape index (κ1) is 30.5. The van der Waals surface area contributed by atoms with Crippen LogP contribution in [0.4, 0.5) is 32.0 Å². The first-order valence-electron chi connectivity index (χ1n) is 13.0. The van der Waals surface area contributed by atoms with Crippen LogP contribution in [0.25, 0.3) is 22.5 Å². The number of aromatic nitrogens is 2. The minimum Gasteiger partial charge on any atom is -0.481 e. The molecule has 0 saturated heterocycles. The summed E-state index contributed by atoms with van der Waals surface area (Å²) >= 11 is 0. The Morgan fingerprint density at radius 2 is 1.55 bits per heavy atom. The zero-order valence-corrected chi connectivity index (χ0v) is 23.4. The molecule has 0 spiro atoms. The van der Waals surface area contributed by atoms with Crippen molar-refractivity contribution in [3.05, 3.63) is 102 Å². The van der Waals surface area contributed by atoms with Crippen molar-refractivity contribution < 1.29 is 41.0 Å². The average molecular weight is 618 g/mol. The van der Waals surface area contributed by atoms with E-state index in [9.17, 15) is 36.2 Å². The summed E-state index contributed by atoms with van der Waals surface area (Å²) in [7, 11) is 0. The number of imidazole rings is 1. The van der Waals surface area contributed by atoms with E-state index < -0.39 is 35.4 Å². The highest BCUT2D eigenvalue weighted by atomic mass is 19.4. The topological polar surface area (TPSA) is 91.7 Å². The fourth-order valence-electron chi connectivity index (χ4n) is 4.67. The van der Waals surface area contributed by atoms with E-state index in [2.05, 4.69) is 20.7 Å². The number of nitrogens with zero attached hydrogens (tertiary/aromatic N) is 3. The van der Waals surface area contributed by atoms with Gasteiger partial charge in [-0.3, -0.25) is 9.80 Å². The molecule has 5 rings (SSSR count).